The molecule has 2 amide bonds. The molecular weight excluding hydrogens is 518 g/mol. The van der Waals surface area contributed by atoms with Gasteiger partial charge in [-0.25, -0.2) is 9.78 Å². The van der Waals surface area contributed by atoms with E-state index in [1.54, 1.807) is 51.1 Å². The minimum Gasteiger partial charge on any atom is -0.492 e. The van der Waals surface area contributed by atoms with Gasteiger partial charge in [0.2, 0.25) is 5.91 Å². The Balaban J connectivity index is 1.19. The highest BCUT2D eigenvalue weighted by Gasteiger charge is 2.16. The first kappa shape index (κ1) is 29.1. The van der Waals surface area contributed by atoms with Gasteiger partial charge in [-0.15, -0.1) is 0 Å². The monoisotopic (exact) mass is 553 g/mol. The van der Waals surface area contributed by atoms with Crippen molar-refractivity contribution in [1.29, 1.82) is 0 Å². The maximum atomic E-state index is 12.2. The van der Waals surface area contributed by atoms with Gasteiger partial charge in [0.1, 0.15) is 35.8 Å². The van der Waals surface area contributed by atoms with Gasteiger partial charge in [0.15, 0.2) is 0 Å². The third-order valence-corrected chi connectivity index (χ3v) is 5.77. The number of hydrogen-bond donors (Lipinski definition) is 2. The Bertz CT molecular complexity index is 1520. The van der Waals surface area contributed by atoms with E-state index >= 15 is 0 Å². The van der Waals surface area contributed by atoms with Crippen LogP contribution in [0.2, 0.25) is 0 Å². The average Bonchev–Trinajstić information content (AvgIpc) is 2.93. The summed E-state index contributed by atoms with van der Waals surface area (Å²) in [5.41, 5.74) is 3.60. The number of nitrogens with one attached hydrogen (secondary N) is 2. The molecule has 0 bridgehead atoms. The third kappa shape index (κ3) is 9.39. The van der Waals surface area contributed by atoms with Crippen molar-refractivity contribution in [3.8, 4) is 11.5 Å². The standard InChI is InChI=1S/C33H35N3O5/c1-23-11-15-26-8-6-10-29(31(26)35-23)40-22-25-7-5-9-28(21-25)39-20-19-34-30(37)18-14-24-12-16-27(17-13-24)36-32(38)41-33(2,3)4/h5-18,21H,19-20,22H2,1-4H3,(H,34,37)(H,36,38). The summed E-state index contributed by atoms with van der Waals surface area (Å²) in [7, 11) is 0. The number of aryl methyl sites for hydroxylation is 1. The molecule has 4 aromatic rings. The number of nitrogens with zero attached hydrogens (tertiary/aromatic N) is 1. The number of carbonyl (C=O) groups is 2. The van der Waals surface area contributed by atoms with Crippen LogP contribution in [0.1, 0.15) is 37.6 Å². The van der Waals surface area contributed by atoms with Crippen molar-refractivity contribution >= 4 is 34.7 Å². The predicted octanol–water partition coefficient (Wildman–Crippen LogP) is 6.68. The molecule has 0 spiro atoms. The zero-order valence-electron chi connectivity index (χ0n) is 23.8. The fourth-order valence-corrected chi connectivity index (χ4v) is 3.89. The van der Waals surface area contributed by atoms with Crippen molar-refractivity contribution < 1.29 is 23.8 Å². The molecular formula is C33H35N3O5. The van der Waals surface area contributed by atoms with Crippen molar-refractivity contribution in [2.45, 2.75) is 39.9 Å². The molecule has 1 aromatic heterocycles. The van der Waals surface area contributed by atoms with Gasteiger partial charge < -0.3 is 19.5 Å². The van der Waals surface area contributed by atoms with Crippen molar-refractivity contribution in [3.05, 3.63) is 102 Å². The first-order valence-electron chi connectivity index (χ1n) is 13.4. The number of carbonyl (C=O) groups excluding carboxylic acids is 2. The number of fused-ring (bicyclic) bond motifs is 1. The zero-order chi connectivity index (χ0) is 29.2. The van der Waals surface area contributed by atoms with Gasteiger partial charge in [-0.2, -0.15) is 0 Å². The largest absolute Gasteiger partial charge is 0.492 e. The highest BCUT2D eigenvalue weighted by atomic mass is 16.6. The summed E-state index contributed by atoms with van der Waals surface area (Å²) in [5.74, 6) is 1.20. The number of para-hydroxylation sites is 1. The van der Waals surface area contributed by atoms with E-state index < -0.39 is 11.7 Å². The fourth-order valence-electron chi connectivity index (χ4n) is 3.89. The molecule has 8 heteroatoms. The minimum atomic E-state index is -0.569. The number of hydrogen-bond acceptors (Lipinski definition) is 6. The Morgan fingerprint density at radius 2 is 1.71 bits per heavy atom. The molecule has 3 aromatic carbocycles. The first-order chi connectivity index (χ1) is 19.6. The number of ether oxygens (including phenoxy) is 3. The lowest BCUT2D eigenvalue weighted by molar-refractivity contribution is -0.116. The molecule has 0 radical (unpaired) electrons. The van der Waals surface area contributed by atoms with Crippen LogP contribution < -0.4 is 20.1 Å². The summed E-state index contributed by atoms with van der Waals surface area (Å²) >= 11 is 0. The summed E-state index contributed by atoms with van der Waals surface area (Å²) < 4.78 is 17.1. The molecule has 1 heterocycles. The van der Waals surface area contributed by atoms with Gasteiger partial charge in [0, 0.05) is 22.8 Å². The molecule has 0 aliphatic heterocycles. The minimum absolute atomic E-state index is 0.231. The summed E-state index contributed by atoms with van der Waals surface area (Å²) in [6.07, 6.45) is 2.64. The molecule has 0 fully saturated rings. The lowest BCUT2D eigenvalue weighted by atomic mass is 10.2. The van der Waals surface area contributed by atoms with Crippen LogP contribution >= 0.6 is 0 Å². The highest BCUT2D eigenvalue weighted by molar-refractivity contribution is 5.92. The van der Waals surface area contributed by atoms with E-state index in [2.05, 4.69) is 15.6 Å². The fraction of sp³-hybridized carbons (Fsp3) is 0.242. The van der Waals surface area contributed by atoms with Crippen LogP contribution in [-0.4, -0.2) is 35.7 Å². The van der Waals surface area contributed by atoms with Crippen LogP contribution in [0.5, 0.6) is 11.5 Å². The van der Waals surface area contributed by atoms with Crippen LogP contribution in [-0.2, 0) is 16.1 Å². The second-order valence-electron chi connectivity index (χ2n) is 10.4. The number of anilines is 1. The third-order valence-electron chi connectivity index (χ3n) is 5.77. The van der Waals surface area contributed by atoms with Crippen LogP contribution in [0.15, 0.2) is 84.9 Å². The number of rotatable bonds is 10. The number of aromatic nitrogens is 1. The molecule has 0 saturated heterocycles. The Kier molecular flexibility index (Phi) is 9.58. The van der Waals surface area contributed by atoms with E-state index in [0.717, 1.165) is 33.5 Å². The van der Waals surface area contributed by atoms with Crippen molar-refractivity contribution in [1.82, 2.24) is 10.3 Å². The van der Waals surface area contributed by atoms with Crippen LogP contribution in [0.25, 0.3) is 17.0 Å². The Morgan fingerprint density at radius 1 is 0.927 bits per heavy atom. The molecule has 212 valence electrons. The highest BCUT2D eigenvalue weighted by Crippen LogP contribution is 2.25. The van der Waals surface area contributed by atoms with E-state index in [4.69, 9.17) is 14.2 Å². The number of amides is 2. The Morgan fingerprint density at radius 3 is 2.49 bits per heavy atom. The quantitative estimate of drug-likeness (QED) is 0.168. The Labute approximate surface area is 240 Å². The molecule has 4 rings (SSSR count). The van der Waals surface area contributed by atoms with Gasteiger partial charge in [0.05, 0.1) is 6.54 Å². The molecule has 41 heavy (non-hydrogen) atoms. The van der Waals surface area contributed by atoms with E-state index in [1.807, 2.05) is 61.5 Å². The predicted molar refractivity (Wildman–Crippen MR) is 161 cm³/mol. The summed E-state index contributed by atoms with van der Waals surface area (Å²) in [6.45, 7) is 8.43. The van der Waals surface area contributed by atoms with Crippen molar-refractivity contribution in [2.24, 2.45) is 0 Å². The first-order valence-corrected chi connectivity index (χ1v) is 13.4. The van der Waals surface area contributed by atoms with Gasteiger partial charge >= 0.3 is 6.09 Å². The number of benzene rings is 3. The maximum absolute atomic E-state index is 12.2. The second kappa shape index (κ2) is 13.5. The van der Waals surface area contributed by atoms with Crippen LogP contribution in [0, 0.1) is 6.92 Å². The van der Waals surface area contributed by atoms with E-state index in [-0.39, 0.29) is 5.91 Å². The average molecular weight is 554 g/mol. The Hall–Kier alpha value is -4.85. The smallest absolute Gasteiger partial charge is 0.412 e. The molecule has 0 aliphatic carbocycles. The molecule has 0 unspecified atom stereocenters. The topological polar surface area (TPSA) is 98.8 Å². The summed E-state index contributed by atoms with van der Waals surface area (Å²) in [6, 6.07) is 24.7. The van der Waals surface area contributed by atoms with E-state index in [0.29, 0.717) is 31.2 Å². The van der Waals surface area contributed by atoms with Gasteiger partial charge in [-0.3, -0.25) is 10.1 Å². The van der Waals surface area contributed by atoms with Gasteiger partial charge in [0.25, 0.3) is 0 Å². The zero-order valence-corrected chi connectivity index (χ0v) is 23.8. The van der Waals surface area contributed by atoms with Gasteiger partial charge in [-0.05, 0) is 81.3 Å². The SMILES string of the molecule is Cc1ccc2cccc(OCc3cccc(OCCNC(=O)C=Cc4ccc(NC(=O)OC(C)(C)C)cc4)c3)c2n1. The van der Waals surface area contributed by atoms with Gasteiger partial charge in [-0.1, -0.05) is 42.5 Å². The van der Waals surface area contributed by atoms with Crippen LogP contribution in [0.4, 0.5) is 10.5 Å². The van der Waals surface area contributed by atoms with E-state index in [9.17, 15) is 9.59 Å². The normalized spacial score (nSPS) is 11.3. The lowest BCUT2D eigenvalue weighted by Gasteiger charge is -2.19. The molecule has 0 atom stereocenters. The lowest BCUT2D eigenvalue weighted by Crippen LogP contribution is -2.27. The van der Waals surface area contributed by atoms with Crippen molar-refractivity contribution in [2.75, 3.05) is 18.5 Å². The molecule has 0 aliphatic rings. The van der Waals surface area contributed by atoms with Crippen LogP contribution in [0.3, 0.4) is 0 Å². The second-order valence-corrected chi connectivity index (χ2v) is 10.4. The van der Waals surface area contributed by atoms with E-state index in [1.165, 1.54) is 6.08 Å². The molecule has 2 N–H and O–H groups in total. The summed E-state index contributed by atoms with van der Waals surface area (Å²) in [4.78, 5) is 28.7. The van der Waals surface area contributed by atoms with Crippen molar-refractivity contribution in [3.63, 3.8) is 0 Å². The maximum Gasteiger partial charge on any atom is 0.412 e. The number of pyridine rings is 1. The summed E-state index contributed by atoms with van der Waals surface area (Å²) in [5, 5.41) is 6.52. The molecule has 8 nitrogen and oxygen atoms in total. The molecule has 0 saturated carbocycles.